The quantitative estimate of drug-likeness (QED) is 0.243. The highest BCUT2D eigenvalue weighted by Gasteiger charge is 2.15. The van der Waals surface area contributed by atoms with Gasteiger partial charge in [0.25, 0.3) is 0 Å². The molecule has 182 valence electrons. The van der Waals surface area contributed by atoms with Gasteiger partial charge in [-0.3, -0.25) is 19.9 Å². The standard InChI is InChI=1S/C29H25N7O/c1-2-3-4-27(37)33-21-13-20(16-31-17-21)19-5-6-25-24(14-19)28(36-35-25)26-15-23-22(9-12-32-29(23)34-26)18-7-10-30-11-8-18/h5-17H,2-4H2,1H3,(H,32,34)(H,33,37)(H,35,36). The van der Waals surface area contributed by atoms with Crippen LogP contribution in [0, 0.1) is 0 Å². The number of fused-ring (bicyclic) bond motifs is 2. The summed E-state index contributed by atoms with van der Waals surface area (Å²) in [5.74, 6) is 0.00642. The minimum Gasteiger partial charge on any atom is -0.338 e. The van der Waals surface area contributed by atoms with Crippen molar-refractivity contribution in [3.05, 3.63) is 79.5 Å². The number of amides is 1. The second-order valence-electron chi connectivity index (χ2n) is 8.99. The van der Waals surface area contributed by atoms with E-state index in [1.54, 1.807) is 31.0 Å². The molecule has 0 aliphatic carbocycles. The van der Waals surface area contributed by atoms with Crippen LogP contribution in [0.2, 0.25) is 0 Å². The Morgan fingerprint density at radius 1 is 0.892 bits per heavy atom. The van der Waals surface area contributed by atoms with Crippen molar-refractivity contribution in [1.29, 1.82) is 0 Å². The second kappa shape index (κ2) is 9.66. The minimum absolute atomic E-state index is 0.00642. The van der Waals surface area contributed by atoms with E-state index in [1.165, 1.54) is 0 Å². The lowest BCUT2D eigenvalue weighted by atomic mass is 10.0. The van der Waals surface area contributed by atoms with Gasteiger partial charge in [0, 0.05) is 47.5 Å². The fraction of sp³-hybridized carbons (Fsp3) is 0.138. The summed E-state index contributed by atoms with van der Waals surface area (Å²) in [6, 6.07) is 16.2. The van der Waals surface area contributed by atoms with Crippen molar-refractivity contribution in [2.45, 2.75) is 26.2 Å². The number of carbonyl (C=O) groups is 1. The number of H-pyrrole nitrogens is 2. The summed E-state index contributed by atoms with van der Waals surface area (Å²) in [6.07, 6.45) is 11.2. The molecule has 0 unspecified atom stereocenters. The lowest BCUT2D eigenvalue weighted by Crippen LogP contribution is -2.11. The number of hydrogen-bond donors (Lipinski definition) is 3. The number of anilines is 1. The van der Waals surface area contributed by atoms with Gasteiger partial charge in [0.1, 0.15) is 11.3 Å². The monoisotopic (exact) mass is 487 g/mol. The Labute approximate surface area is 213 Å². The minimum atomic E-state index is 0.00642. The number of benzene rings is 1. The summed E-state index contributed by atoms with van der Waals surface area (Å²) in [5.41, 5.74) is 8.17. The summed E-state index contributed by atoms with van der Waals surface area (Å²) in [6.45, 7) is 2.07. The Hall–Kier alpha value is -4.85. The summed E-state index contributed by atoms with van der Waals surface area (Å²) in [5, 5.41) is 12.7. The normalized spacial score (nSPS) is 11.3. The van der Waals surface area contributed by atoms with Gasteiger partial charge in [-0.15, -0.1) is 0 Å². The van der Waals surface area contributed by atoms with Gasteiger partial charge in [0.15, 0.2) is 0 Å². The summed E-state index contributed by atoms with van der Waals surface area (Å²) in [7, 11) is 0. The molecule has 5 heterocycles. The van der Waals surface area contributed by atoms with Crippen molar-refractivity contribution in [3.63, 3.8) is 0 Å². The molecule has 0 aliphatic rings. The van der Waals surface area contributed by atoms with E-state index in [4.69, 9.17) is 0 Å². The van der Waals surface area contributed by atoms with Crippen molar-refractivity contribution in [2.24, 2.45) is 0 Å². The molecule has 8 nitrogen and oxygen atoms in total. The van der Waals surface area contributed by atoms with E-state index in [-0.39, 0.29) is 5.91 Å². The fourth-order valence-electron chi connectivity index (χ4n) is 4.56. The smallest absolute Gasteiger partial charge is 0.224 e. The molecule has 0 bridgehead atoms. The number of aromatic amines is 2. The maximum Gasteiger partial charge on any atom is 0.224 e. The molecule has 1 aromatic carbocycles. The van der Waals surface area contributed by atoms with E-state index < -0.39 is 0 Å². The van der Waals surface area contributed by atoms with E-state index in [9.17, 15) is 4.79 Å². The number of nitrogens with one attached hydrogen (secondary N) is 3. The molecule has 6 rings (SSSR count). The molecule has 0 aliphatic heterocycles. The zero-order valence-corrected chi connectivity index (χ0v) is 20.3. The third-order valence-corrected chi connectivity index (χ3v) is 6.45. The van der Waals surface area contributed by atoms with Gasteiger partial charge in [0.05, 0.1) is 23.1 Å². The van der Waals surface area contributed by atoms with Gasteiger partial charge in [-0.25, -0.2) is 4.98 Å². The van der Waals surface area contributed by atoms with Crippen LogP contribution in [0.3, 0.4) is 0 Å². The van der Waals surface area contributed by atoms with E-state index in [1.807, 2.05) is 36.4 Å². The number of rotatable bonds is 7. The molecule has 3 N–H and O–H groups in total. The van der Waals surface area contributed by atoms with Gasteiger partial charge in [-0.1, -0.05) is 19.4 Å². The van der Waals surface area contributed by atoms with Crippen LogP contribution in [0.4, 0.5) is 5.69 Å². The number of carbonyl (C=O) groups excluding carboxylic acids is 1. The molecule has 8 heteroatoms. The number of hydrogen-bond acceptors (Lipinski definition) is 5. The van der Waals surface area contributed by atoms with Gasteiger partial charge < -0.3 is 10.3 Å². The molecule has 0 fully saturated rings. The fourth-order valence-corrected chi connectivity index (χ4v) is 4.56. The average molecular weight is 488 g/mol. The summed E-state index contributed by atoms with van der Waals surface area (Å²) in [4.78, 5) is 28.7. The molecule has 37 heavy (non-hydrogen) atoms. The molecule has 0 saturated carbocycles. The lowest BCUT2D eigenvalue weighted by molar-refractivity contribution is -0.116. The van der Waals surface area contributed by atoms with Crippen molar-refractivity contribution < 1.29 is 4.79 Å². The van der Waals surface area contributed by atoms with Crippen LogP contribution >= 0.6 is 0 Å². The van der Waals surface area contributed by atoms with Crippen molar-refractivity contribution in [2.75, 3.05) is 5.32 Å². The Balaban J connectivity index is 1.37. The van der Waals surface area contributed by atoms with E-state index in [2.05, 4.69) is 54.5 Å². The zero-order chi connectivity index (χ0) is 25.2. The maximum absolute atomic E-state index is 12.2. The van der Waals surface area contributed by atoms with Crippen LogP contribution in [-0.4, -0.2) is 36.0 Å². The SMILES string of the molecule is CCCCC(=O)Nc1cncc(-c2ccc3[nH]nc(-c4cc5c(-c6ccncc6)ccnc5[nH]4)c3c2)c1. The Kier molecular flexibility index (Phi) is 5.90. The first-order valence-electron chi connectivity index (χ1n) is 12.3. The third kappa shape index (κ3) is 4.45. The molecule has 5 aromatic heterocycles. The van der Waals surface area contributed by atoms with E-state index >= 15 is 0 Å². The molecule has 0 spiro atoms. The topological polar surface area (TPSA) is 112 Å². The Morgan fingerprint density at radius 3 is 2.65 bits per heavy atom. The van der Waals surface area contributed by atoms with Gasteiger partial charge in [-0.05, 0) is 65.6 Å². The predicted octanol–water partition coefficient (Wildman–Crippen LogP) is 6.36. The first-order valence-corrected chi connectivity index (χ1v) is 12.3. The summed E-state index contributed by atoms with van der Waals surface area (Å²) >= 11 is 0. The number of unbranched alkanes of at least 4 members (excludes halogenated alkanes) is 1. The van der Waals surface area contributed by atoms with Crippen LogP contribution in [-0.2, 0) is 4.79 Å². The predicted molar refractivity (Wildman–Crippen MR) is 146 cm³/mol. The molecule has 1 amide bonds. The highest BCUT2D eigenvalue weighted by molar-refractivity contribution is 6.00. The maximum atomic E-state index is 12.2. The van der Waals surface area contributed by atoms with Crippen LogP contribution in [0.5, 0.6) is 0 Å². The highest BCUT2D eigenvalue weighted by Crippen LogP contribution is 2.34. The first kappa shape index (κ1) is 22.6. The van der Waals surface area contributed by atoms with Gasteiger partial charge in [0.2, 0.25) is 5.91 Å². The molecule has 0 atom stereocenters. The van der Waals surface area contributed by atoms with Crippen LogP contribution in [0.15, 0.2) is 79.5 Å². The molecule has 0 saturated heterocycles. The molecule has 0 radical (unpaired) electrons. The first-order chi connectivity index (χ1) is 18.2. The van der Waals surface area contributed by atoms with Gasteiger partial charge in [-0.2, -0.15) is 5.10 Å². The van der Waals surface area contributed by atoms with Gasteiger partial charge >= 0.3 is 0 Å². The van der Waals surface area contributed by atoms with Crippen LogP contribution in [0.25, 0.3) is 55.6 Å². The Bertz CT molecular complexity index is 1720. The second-order valence-corrected chi connectivity index (χ2v) is 8.99. The molecular formula is C29H25N7O. The van der Waals surface area contributed by atoms with Crippen molar-refractivity contribution in [1.82, 2.24) is 30.1 Å². The number of nitrogens with zero attached hydrogens (tertiary/aromatic N) is 4. The number of pyridine rings is 3. The molecule has 6 aromatic rings. The van der Waals surface area contributed by atoms with E-state index in [0.29, 0.717) is 12.1 Å². The van der Waals surface area contributed by atoms with Crippen LogP contribution < -0.4 is 5.32 Å². The Morgan fingerprint density at radius 2 is 1.78 bits per heavy atom. The van der Waals surface area contributed by atoms with E-state index in [0.717, 1.165) is 68.4 Å². The van der Waals surface area contributed by atoms with Crippen molar-refractivity contribution in [3.8, 4) is 33.6 Å². The molecular weight excluding hydrogens is 462 g/mol. The largest absolute Gasteiger partial charge is 0.338 e. The highest BCUT2D eigenvalue weighted by atomic mass is 16.1. The van der Waals surface area contributed by atoms with Crippen molar-refractivity contribution >= 4 is 33.5 Å². The lowest BCUT2D eigenvalue weighted by Gasteiger charge is -2.07. The number of aromatic nitrogens is 6. The third-order valence-electron chi connectivity index (χ3n) is 6.45. The van der Waals surface area contributed by atoms with Crippen LogP contribution in [0.1, 0.15) is 26.2 Å². The average Bonchev–Trinajstić information content (AvgIpc) is 3.56. The summed E-state index contributed by atoms with van der Waals surface area (Å²) < 4.78 is 0. The zero-order valence-electron chi connectivity index (χ0n) is 20.3.